The lowest BCUT2D eigenvalue weighted by Crippen LogP contribution is -2.56. The van der Waals surface area contributed by atoms with Crippen LogP contribution in [-0.4, -0.2) is 103 Å². The second kappa shape index (κ2) is 11.9. The van der Waals surface area contributed by atoms with Crippen LogP contribution in [-0.2, 0) is 9.53 Å². The molecule has 208 valence electrons. The average Bonchev–Trinajstić information content (AvgIpc) is 3.04. The van der Waals surface area contributed by atoms with E-state index in [2.05, 4.69) is 30.0 Å². The van der Waals surface area contributed by atoms with Gasteiger partial charge in [0, 0.05) is 52.1 Å². The van der Waals surface area contributed by atoms with Gasteiger partial charge in [0.05, 0.1) is 12.1 Å². The van der Waals surface area contributed by atoms with Crippen LogP contribution in [0.5, 0.6) is 5.75 Å². The lowest BCUT2D eigenvalue weighted by atomic mass is 9.90. The number of β-amino-alcohol motifs (C(OH)–C–C–N with tert-alkyl or cyclic N) is 2. The van der Waals surface area contributed by atoms with E-state index in [1.165, 1.54) is 29.7 Å². The first kappa shape index (κ1) is 28.2. The number of halogens is 2. The lowest BCUT2D eigenvalue weighted by Gasteiger charge is -2.42. The number of hydrogen-bond acceptors (Lipinski definition) is 7. The molecule has 1 unspecified atom stereocenters. The first-order valence-corrected chi connectivity index (χ1v) is 12.9. The van der Waals surface area contributed by atoms with Gasteiger partial charge in [-0.25, -0.2) is 4.39 Å². The van der Waals surface area contributed by atoms with Gasteiger partial charge in [-0.3, -0.25) is 9.69 Å². The summed E-state index contributed by atoms with van der Waals surface area (Å²) in [4.78, 5) is 18.3. The molecule has 10 heteroatoms. The number of carbonyl (C=O) groups is 1. The summed E-state index contributed by atoms with van der Waals surface area (Å²) in [7, 11) is 1.42. The van der Waals surface area contributed by atoms with E-state index in [-0.39, 0.29) is 38.0 Å². The zero-order valence-electron chi connectivity index (χ0n) is 22.0. The molecule has 8 nitrogen and oxygen atoms in total. The maximum absolute atomic E-state index is 14.2. The Morgan fingerprint density at radius 1 is 1.00 bits per heavy atom. The van der Waals surface area contributed by atoms with Crippen LogP contribution < -0.4 is 9.64 Å². The number of amides is 1. The molecule has 0 bridgehead atoms. The number of piperidine rings is 1. The fourth-order valence-electron chi connectivity index (χ4n) is 5.28. The van der Waals surface area contributed by atoms with Crippen molar-refractivity contribution in [1.82, 2.24) is 9.80 Å². The SMILES string of the molecule is COCC(=O)N1CCN(CC2(O)CCN(c3cccc(C)c3)CC2)CC(O)(COc2cccc(F)c2F)C1. The van der Waals surface area contributed by atoms with E-state index in [4.69, 9.17) is 9.47 Å². The largest absolute Gasteiger partial charge is 0.487 e. The molecule has 2 heterocycles. The van der Waals surface area contributed by atoms with E-state index in [0.29, 0.717) is 45.6 Å². The third-order valence-electron chi connectivity index (χ3n) is 7.30. The van der Waals surface area contributed by atoms with Gasteiger partial charge in [-0.05, 0) is 49.6 Å². The number of anilines is 1. The number of carbonyl (C=O) groups excluding carboxylic acids is 1. The van der Waals surface area contributed by atoms with Crippen LogP contribution in [0.4, 0.5) is 14.5 Å². The molecule has 2 saturated heterocycles. The monoisotopic (exact) mass is 533 g/mol. The van der Waals surface area contributed by atoms with Crippen LogP contribution >= 0.6 is 0 Å². The summed E-state index contributed by atoms with van der Waals surface area (Å²) in [5.74, 6) is -2.79. The second-order valence-electron chi connectivity index (χ2n) is 10.6. The highest BCUT2D eigenvalue weighted by atomic mass is 19.2. The standard InChI is InChI=1S/C28H37F2N3O5/c1-21-5-3-6-22(15-21)32-11-9-27(35,10-12-32)17-31-13-14-33(25(34)16-37-2)19-28(36,18-31)20-38-24-8-4-7-23(29)26(24)30/h3-8,15,35-36H,9-14,16-20H2,1-2H3. The maximum atomic E-state index is 14.2. The lowest BCUT2D eigenvalue weighted by molar-refractivity contribution is -0.138. The van der Waals surface area contributed by atoms with Crippen molar-refractivity contribution < 1.29 is 33.3 Å². The highest BCUT2D eigenvalue weighted by Gasteiger charge is 2.41. The molecule has 0 aliphatic carbocycles. The Bertz CT molecular complexity index is 1110. The second-order valence-corrected chi connectivity index (χ2v) is 10.6. The summed E-state index contributed by atoms with van der Waals surface area (Å²) in [5.41, 5.74) is -0.245. The van der Waals surface area contributed by atoms with Gasteiger partial charge in [0.25, 0.3) is 0 Å². The number of hydrogen-bond donors (Lipinski definition) is 2. The molecule has 2 aromatic rings. The van der Waals surface area contributed by atoms with E-state index in [0.717, 1.165) is 11.8 Å². The van der Waals surface area contributed by atoms with Gasteiger partial charge in [-0.2, -0.15) is 4.39 Å². The average molecular weight is 534 g/mol. The van der Waals surface area contributed by atoms with Gasteiger partial charge in [-0.15, -0.1) is 0 Å². The summed E-state index contributed by atoms with van der Waals surface area (Å²) < 4.78 is 38.3. The van der Waals surface area contributed by atoms with Gasteiger partial charge in [0.2, 0.25) is 11.7 Å². The van der Waals surface area contributed by atoms with Crippen molar-refractivity contribution >= 4 is 11.6 Å². The molecule has 2 fully saturated rings. The van der Waals surface area contributed by atoms with Crippen molar-refractivity contribution in [2.75, 3.05) is 71.0 Å². The van der Waals surface area contributed by atoms with E-state index in [1.807, 2.05) is 11.0 Å². The summed E-state index contributed by atoms with van der Waals surface area (Å²) in [6, 6.07) is 11.9. The molecule has 0 aromatic heterocycles. The predicted octanol–water partition coefficient (Wildman–Crippen LogP) is 2.21. The fraction of sp³-hybridized carbons (Fsp3) is 0.536. The van der Waals surface area contributed by atoms with Gasteiger partial charge in [0.1, 0.15) is 18.8 Å². The number of nitrogens with zero attached hydrogens (tertiary/aromatic N) is 3. The Morgan fingerprint density at radius 3 is 2.45 bits per heavy atom. The Labute approximate surface area is 222 Å². The fourth-order valence-corrected chi connectivity index (χ4v) is 5.28. The van der Waals surface area contributed by atoms with Crippen molar-refractivity contribution in [2.45, 2.75) is 31.0 Å². The summed E-state index contributed by atoms with van der Waals surface area (Å²) in [5, 5.41) is 23.0. The van der Waals surface area contributed by atoms with Crippen LogP contribution in [0.15, 0.2) is 42.5 Å². The molecule has 0 saturated carbocycles. The predicted molar refractivity (Wildman–Crippen MR) is 139 cm³/mol. The summed E-state index contributed by atoms with van der Waals surface area (Å²) >= 11 is 0. The molecule has 2 aliphatic heterocycles. The van der Waals surface area contributed by atoms with Crippen molar-refractivity contribution in [2.24, 2.45) is 0 Å². The summed E-state index contributed by atoms with van der Waals surface area (Å²) in [6.45, 7) is 4.01. The Balaban J connectivity index is 1.45. The smallest absolute Gasteiger partial charge is 0.248 e. The Morgan fingerprint density at radius 2 is 1.74 bits per heavy atom. The van der Waals surface area contributed by atoms with Gasteiger partial charge in [0.15, 0.2) is 11.6 Å². The third kappa shape index (κ3) is 6.99. The molecule has 38 heavy (non-hydrogen) atoms. The Hall–Kier alpha value is -2.79. The number of aliphatic hydroxyl groups is 2. The molecule has 1 atom stereocenters. The first-order valence-electron chi connectivity index (χ1n) is 12.9. The van der Waals surface area contributed by atoms with E-state index >= 15 is 0 Å². The molecule has 0 spiro atoms. The topological polar surface area (TPSA) is 85.7 Å². The highest BCUT2D eigenvalue weighted by Crippen LogP contribution is 2.29. The zero-order chi connectivity index (χ0) is 27.3. The minimum absolute atomic E-state index is 0.0673. The van der Waals surface area contributed by atoms with E-state index < -0.39 is 22.8 Å². The number of ether oxygens (including phenoxy) is 2. The number of aryl methyl sites for hydroxylation is 1. The number of rotatable bonds is 8. The highest BCUT2D eigenvalue weighted by molar-refractivity contribution is 5.77. The van der Waals surface area contributed by atoms with Gasteiger partial charge >= 0.3 is 0 Å². The van der Waals surface area contributed by atoms with E-state index in [9.17, 15) is 23.8 Å². The maximum Gasteiger partial charge on any atom is 0.248 e. The van der Waals surface area contributed by atoms with Crippen LogP contribution in [0.3, 0.4) is 0 Å². The van der Waals surface area contributed by atoms with Crippen molar-refractivity contribution in [3.8, 4) is 5.75 Å². The number of methoxy groups -OCH3 is 1. The minimum atomic E-state index is -1.59. The molecular weight excluding hydrogens is 496 g/mol. The van der Waals surface area contributed by atoms with Gasteiger partial charge in [-0.1, -0.05) is 18.2 Å². The normalized spacial score (nSPS) is 22.3. The van der Waals surface area contributed by atoms with Crippen molar-refractivity contribution in [1.29, 1.82) is 0 Å². The first-order chi connectivity index (χ1) is 18.1. The van der Waals surface area contributed by atoms with Crippen LogP contribution in [0.2, 0.25) is 0 Å². The molecule has 4 rings (SSSR count). The van der Waals surface area contributed by atoms with Crippen molar-refractivity contribution in [3.05, 3.63) is 59.7 Å². The van der Waals surface area contributed by atoms with Crippen LogP contribution in [0.25, 0.3) is 0 Å². The van der Waals surface area contributed by atoms with E-state index in [1.54, 1.807) is 0 Å². The van der Waals surface area contributed by atoms with Gasteiger partial charge < -0.3 is 29.5 Å². The molecule has 2 N–H and O–H groups in total. The molecule has 2 aliphatic rings. The van der Waals surface area contributed by atoms with Crippen molar-refractivity contribution in [3.63, 3.8) is 0 Å². The summed E-state index contributed by atoms with van der Waals surface area (Å²) in [6.07, 6.45) is 1.10. The number of benzene rings is 2. The van der Waals surface area contributed by atoms with Crippen LogP contribution in [0.1, 0.15) is 18.4 Å². The molecule has 0 radical (unpaired) electrons. The molecular formula is C28H37F2N3O5. The zero-order valence-corrected chi connectivity index (χ0v) is 22.0. The quantitative estimate of drug-likeness (QED) is 0.538. The third-order valence-corrected chi connectivity index (χ3v) is 7.30. The Kier molecular flexibility index (Phi) is 8.87. The van der Waals surface area contributed by atoms with Crippen LogP contribution in [0, 0.1) is 18.6 Å². The minimum Gasteiger partial charge on any atom is -0.487 e. The molecule has 2 aromatic carbocycles. The molecule has 1 amide bonds.